The molecule has 5 nitrogen and oxygen atoms in total. The van der Waals surface area contributed by atoms with Gasteiger partial charge in [-0.05, 0) is 58.9 Å². The lowest BCUT2D eigenvalue weighted by Gasteiger charge is -2.43. The third kappa shape index (κ3) is 7.05. The van der Waals surface area contributed by atoms with Crippen LogP contribution in [0.3, 0.4) is 0 Å². The second-order valence-electron chi connectivity index (χ2n) is 8.74. The van der Waals surface area contributed by atoms with Crippen molar-refractivity contribution in [3.63, 3.8) is 0 Å². The molecule has 0 amide bonds. The number of cyclic esters (lactones) is 1. The number of hydrogen-bond acceptors (Lipinski definition) is 5. The van der Waals surface area contributed by atoms with Gasteiger partial charge in [0, 0.05) is 0 Å². The average molecular weight is 365 g/mol. The number of carbonyl (C=O) groups is 1. The van der Waals surface area contributed by atoms with Gasteiger partial charge in [-0.3, -0.25) is 0 Å². The van der Waals surface area contributed by atoms with Crippen LogP contribution in [0.4, 0.5) is 0 Å². The van der Waals surface area contributed by atoms with Crippen LogP contribution in [0.2, 0.25) is 58.9 Å². The van der Waals surface area contributed by atoms with Crippen molar-refractivity contribution in [3.8, 4) is 0 Å². The molecule has 0 N–H and O–H groups in total. The molecule has 1 heterocycles. The van der Waals surface area contributed by atoms with E-state index in [1.807, 2.05) is 0 Å². The van der Waals surface area contributed by atoms with Gasteiger partial charge in [-0.2, -0.15) is 0 Å². The zero-order valence-electron chi connectivity index (χ0n) is 15.5. The molecule has 0 aliphatic carbocycles. The molecule has 1 aliphatic rings. The van der Waals surface area contributed by atoms with Gasteiger partial charge in [-0.1, -0.05) is 0 Å². The predicted octanol–water partition coefficient (Wildman–Crippen LogP) is 3.20. The average Bonchev–Trinajstić information content (AvgIpc) is 2.22. The maximum atomic E-state index is 12.2. The largest absolute Gasteiger partial charge is 0.461 e. The van der Waals surface area contributed by atoms with Crippen LogP contribution in [-0.4, -0.2) is 55.8 Å². The van der Waals surface area contributed by atoms with Crippen LogP contribution in [0.5, 0.6) is 0 Å². The van der Waals surface area contributed by atoms with Crippen molar-refractivity contribution >= 4 is 30.9 Å². The van der Waals surface area contributed by atoms with E-state index in [1.165, 1.54) is 0 Å². The Morgan fingerprint density at radius 3 is 1.68 bits per heavy atom. The first kappa shape index (κ1) is 20.0. The highest BCUT2D eigenvalue weighted by Crippen LogP contribution is 2.27. The molecular weight excluding hydrogens is 332 g/mol. The van der Waals surface area contributed by atoms with E-state index in [-0.39, 0.29) is 24.8 Å². The molecule has 3 atom stereocenters. The van der Waals surface area contributed by atoms with Gasteiger partial charge < -0.3 is 18.0 Å². The van der Waals surface area contributed by atoms with E-state index in [2.05, 4.69) is 58.9 Å². The van der Waals surface area contributed by atoms with E-state index in [4.69, 9.17) is 18.0 Å². The SMILES string of the molecule is C[Si](C)(C)O[C@H]1[C@H](O[Si](C)(C)C)C(=O)OC[C@H]1O[Si](C)(C)C. The number of ether oxygens (including phenoxy) is 1. The molecule has 0 aromatic carbocycles. The summed E-state index contributed by atoms with van der Waals surface area (Å²) in [5.41, 5.74) is 0. The minimum Gasteiger partial charge on any atom is -0.461 e. The topological polar surface area (TPSA) is 54.0 Å². The maximum Gasteiger partial charge on any atom is 0.336 e. The van der Waals surface area contributed by atoms with Gasteiger partial charge in [0.1, 0.15) is 18.8 Å². The second-order valence-corrected chi connectivity index (χ2v) is 22.1. The van der Waals surface area contributed by atoms with Gasteiger partial charge in [-0.15, -0.1) is 0 Å². The zero-order chi connectivity index (χ0) is 17.3. The van der Waals surface area contributed by atoms with Crippen molar-refractivity contribution < 1.29 is 22.8 Å². The molecule has 22 heavy (non-hydrogen) atoms. The molecule has 0 aromatic heterocycles. The first-order valence-electron chi connectivity index (χ1n) is 7.88. The smallest absolute Gasteiger partial charge is 0.336 e. The van der Waals surface area contributed by atoms with Gasteiger partial charge in [-0.25, -0.2) is 4.79 Å². The fraction of sp³-hybridized carbons (Fsp3) is 0.929. The number of carbonyl (C=O) groups excluding carboxylic acids is 1. The number of hydrogen-bond donors (Lipinski definition) is 0. The first-order chi connectivity index (χ1) is 9.68. The van der Waals surface area contributed by atoms with Crippen molar-refractivity contribution in [3.05, 3.63) is 0 Å². The van der Waals surface area contributed by atoms with Crippen molar-refractivity contribution in [2.24, 2.45) is 0 Å². The van der Waals surface area contributed by atoms with Gasteiger partial charge in [0.25, 0.3) is 0 Å². The monoisotopic (exact) mass is 364 g/mol. The summed E-state index contributed by atoms with van der Waals surface area (Å²) >= 11 is 0. The van der Waals surface area contributed by atoms with Crippen LogP contribution in [0, 0.1) is 0 Å². The minimum atomic E-state index is -1.90. The summed E-state index contributed by atoms with van der Waals surface area (Å²) in [6.45, 7) is 19.2. The predicted molar refractivity (Wildman–Crippen MR) is 95.6 cm³/mol. The highest BCUT2D eigenvalue weighted by atomic mass is 28.4. The van der Waals surface area contributed by atoms with E-state index in [9.17, 15) is 4.79 Å². The molecule has 0 saturated carbocycles. The minimum absolute atomic E-state index is 0.238. The van der Waals surface area contributed by atoms with Crippen molar-refractivity contribution in [1.29, 1.82) is 0 Å². The van der Waals surface area contributed by atoms with Gasteiger partial charge in [0.15, 0.2) is 31.1 Å². The van der Waals surface area contributed by atoms with Crippen molar-refractivity contribution in [2.75, 3.05) is 6.61 Å². The summed E-state index contributed by atoms with van der Waals surface area (Å²) in [7, 11) is -5.52. The fourth-order valence-electron chi connectivity index (χ4n) is 2.27. The Labute approximate surface area is 138 Å². The maximum absolute atomic E-state index is 12.2. The number of rotatable bonds is 6. The van der Waals surface area contributed by atoms with Gasteiger partial charge in [0.2, 0.25) is 0 Å². The third-order valence-corrected chi connectivity index (χ3v) is 5.71. The fourth-order valence-corrected chi connectivity index (χ4v) is 5.46. The lowest BCUT2D eigenvalue weighted by Crippen LogP contribution is -2.60. The molecule has 0 aromatic rings. The van der Waals surface area contributed by atoms with Gasteiger partial charge >= 0.3 is 5.97 Å². The highest BCUT2D eigenvalue weighted by Gasteiger charge is 2.47. The summed E-state index contributed by atoms with van der Waals surface area (Å²) in [5, 5.41) is 0. The van der Waals surface area contributed by atoms with E-state index < -0.39 is 31.1 Å². The van der Waals surface area contributed by atoms with Crippen LogP contribution in [0.25, 0.3) is 0 Å². The van der Waals surface area contributed by atoms with Crippen LogP contribution in [0.1, 0.15) is 0 Å². The van der Waals surface area contributed by atoms with Crippen LogP contribution in [-0.2, 0) is 22.8 Å². The summed E-state index contributed by atoms with van der Waals surface area (Å²) in [6, 6.07) is 0. The Bertz CT molecular complexity index is 395. The molecule has 1 fully saturated rings. The molecule has 0 spiro atoms. The molecule has 1 saturated heterocycles. The van der Waals surface area contributed by atoms with Crippen LogP contribution >= 0.6 is 0 Å². The Morgan fingerprint density at radius 2 is 1.27 bits per heavy atom. The molecule has 130 valence electrons. The lowest BCUT2D eigenvalue weighted by atomic mass is 10.1. The summed E-state index contributed by atoms with van der Waals surface area (Å²) in [6.07, 6.45) is -1.28. The quantitative estimate of drug-likeness (QED) is 0.535. The number of esters is 1. The molecule has 1 aliphatic heterocycles. The molecule has 0 radical (unpaired) electrons. The first-order valence-corrected chi connectivity index (χ1v) is 18.1. The van der Waals surface area contributed by atoms with Gasteiger partial charge in [0.05, 0.1) is 0 Å². The Hall–Kier alpha value is 0.000649. The standard InChI is InChI=1S/C14H32O5Si3/c1-20(2,3)17-11-10-16-14(15)13(19-22(7,8)9)12(11)18-21(4,5)6/h11-13H,10H2,1-9H3/t11-,12-,13+/m1/s1. The molecule has 8 heteroatoms. The Morgan fingerprint density at radius 1 is 0.818 bits per heavy atom. The van der Waals surface area contributed by atoms with E-state index in [1.54, 1.807) is 0 Å². The summed E-state index contributed by atoms with van der Waals surface area (Å²) in [4.78, 5) is 12.2. The van der Waals surface area contributed by atoms with Crippen molar-refractivity contribution in [1.82, 2.24) is 0 Å². The normalized spacial score (nSPS) is 27.7. The summed E-state index contributed by atoms with van der Waals surface area (Å²) in [5.74, 6) is -0.318. The lowest BCUT2D eigenvalue weighted by molar-refractivity contribution is -0.179. The molecule has 0 bridgehead atoms. The molecule has 0 unspecified atom stereocenters. The van der Waals surface area contributed by atoms with Crippen LogP contribution in [0.15, 0.2) is 0 Å². The molecular formula is C14H32O5Si3. The molecule has 1 rings (SSSR count). The second kappa shape index (κ2) is 6.86. The third-order valence-electron chi connectivity index (χ3n) is 2.76. The Balaban J connectivity index is 3.04. The van der Waals surface area contributed by atoms with E-state index in [0.29, 0.717) is 0 Å². The zero-order valence-corrected chi connectivity index (χ0v) is 18.5. The van der Waals surface area contributed by atoms with Crippen molar-refractivity contribution in [2.45, 2.75) is 77.2 Å². The van der Waals surface area contributed by atoms with Crippen LogP contribution < -0.4 is 0 Å². The summed E-state index contributed by atoms with van der Waals surface area (Å²) < 4.78 is 23.9. The highest BCUT2D eigenvalue weighted by molar-refractivity contribution is 6.70. The Kier molecular flexibility index (Phi) is 6.25. The van der Waals surface area contributed by atoms with E-state index in [0.717, 1.165) is 0 Å². The van der Waals surface area contributed by atoms with E-state index >= 15 is 0 Å².